The maximum atomic E-state index is 9.98. The first-order valence-corrected chi connectivity index (χ1v) is 9.53. The molecule has 3 aromatic heterocycles. The lowest BCUT2D eigenvalue weighted by Gasteiger charge is -2.13. The van der Waals surface area contributed by atoms with E-state index in [2.05, 4.69) is 19.9 Å². The van der Waals surface area contributed by atoms with Crippen LogP contribution in [0, 0.1) is 6.92 Å². The number of hydrogen-bond acceptors (Lipinski definition) is 9. The molecule has 142 valence electrons. The fraction of sp³-hybridized carbons (Fsp3) is 0.412. The number of thioether (sulfide) groups is 1. The molecule has 0 unspecified atom stereocenters. The number of ether oxygens (including phenoxy) is 1. The average Bonchev–Trinajstić information content (AvgIpc) is 3.22. The van der Waals surface area contributed by atoms with E-state index in [9.17, 15) is 10.2 Å². The van der Waals surface area contributed by atoms with Gasteiger partial charge in [0.1, 0.15) is 22.9 Å². The fourth-order valence-corrected chi connectivity index (χ4v) is 3.97. The lowest BCUT2D eigenvalue weighted by Crippen LogP contribution is -2.24. The Hall–Kier alpha value is -2.27. The third kappa shape index (κ3) is 3.61. The van der Waals surface area contributed by atoms with Gasteiger partial charge in [-0.2, -0.15) is 4.98 Å². The number of fused-ring (bicyclic) bond motifs is 1. The number of pyridine rings is 1. The quantitative estimate of drug-likeness (QED) is 0.433. The first-order valence-electron chi connectivity index (χ1n) is 8.55. The molecule has 4 N–H and O–H groups in total. The molecule has 0 radical (unpaired) electrons. The van der Waals surface area contributed by atoms with Gasteiger partial charge in [0.2, 0.25) is 5.95 Å². The number of imidazole rings is 1. The topological polar surface area (TPSA) is 132 Å². The Morgan fingerprint density at radius 1 is 1.33 bits per heavy atom. The standard InChI is InChI=1S/C17H20N6O3S/c1-9-3-2-4-10(20-9)7-27-16-14-15(21-17(18)22-16)23(8-19-14)13-5-11(25)12(6-24)26-13/h2-4,8,11-13,24-25H,5-7H2,1H3,(H2,18,21,22)/t11-,12+,13+/m0/s1. The summed E-state index contributed by atoms with van der Waals surface area (Å²) in [6.45, 7) is 1.71. The molecule has 0 saturated carbocycles. The predicted octanol–water partition coefficient (Wildman–Crippen LogP) is 1.04. The van der Waals surface area contributed by atoms with Gasteiger partial charge in [-0.1, -0.05) is 17.8 Å². The highest BCUT2D eigenvalue weighted by Gasteiger charge is 2.35. The number of nitrogen functional groups attached to an aromatic ring is 1. The lowest BCUT2D eigenvalue weighted by atomic mass is 10.2. The number of rotatable bonds is 5. The summed E-state index contributed by atoms with van der Waals surface area (Å²) < 4.78 is 7.43. The van der Waals surface area contributed by atoms with Gasteiger partial charge in [-0.05, 0) is 19.1 Å². The van der Waals surface area contributed by atoms with E-state index in [1.165, 1.54) is 11.8 Å². The number of aryl methyl sites for hydroxylation is 1. The zero-order chi connectivity index (χ0) is 19.0. The number of aliphatic hydroxyl groups excluding tert-OH is 2. The minimum atomic E-state index is -0.738. The van der Waals surface area contributed by atoms with Crippen LogP contribution >= 0.6 is 11.8 Å². The third-order valence-electron chi connectivity index (χ3n) is 4.40. The van der Waals surface area contributed by atoms with Crippen LogP contribution in [-0.2, 0) is 10.5 Å². The molecule has 1 aliphatic rings. The highest BCUT2D eigenvalue weighted by Crippen LogP contribution is 2.33. The summed E-state index contributed by atoms with van der Waals surface area (Å²) >= 11 is 1.49. The van der Waals surface area contributed by atoms with E-state index in [4.69, 9.17) is 10.5 Å². The highest BCUT2D eigenvalue weighted by atomic mass is 32.2. The van der Waals surface area contributed by atoms with Crippen LogP contribution in [0.25, 0.3) is 11.2 Å². The molecule has 10 heteroatoms. The maximum absolute atomic E-state index is 9.98. The van der Waals surface area contributed by atoms with Gasteiger partial charge in [0, 0.05) is 17.9 Å². The number of aliphatic hydroxyl groups is 2. The molecule has 4 rings (SSSR count). The van der Waals surface area contributed by atoms with Gasteiger partial charge in [-0.3, -0.25) is 9.55 Å². The minimum absolute atomic E-state index is 0.140. The Morgan fingerprint density at radius 2 is 2.19 bits per heavy atom. The van der Waals surface area contributed by atoms with Crippen LogP contribution in [-0.4, -0.2) is 53.5 Å². The SMILES string of the molecule is Cc1cccc(CSc2nc(N)nc3c2ncn3[C@H]2C[C@H](O)[C@@H](CO)O2)n1. The van der Waals surface area contributed by atoms with Gasteiger partial charge in [-0.15, -0.1) is 0 Å². The summed E-state index contributed by atoms with van der Waals surface area (Å²) in [6.07, 6.45) is 0.125. The second-order valence-electron chi connectivity index (χ2n) is 6.38. The van der Waals surface area contributed by atoms with E-state index in [1.54, 1.807) is 10.9 Å². The van der Waals surface area contributed by atoms with Gasteiger partial charge in [0.15, 0.2) is 5.65 Å². The van der Waals surface area contributed by atoms with Gasteiger partial charge in [0.05, 0.1) is 24.7 Å². The number of nitrogens with two attached hydrogens (primary N) is 1. The zero-order valence-corrected chi connectivity index (χ0v) is 15.5. The first kappa shape index (κ1) is 18.1. The highest BCUT2D eigenvalue weighted by molar-refractivity contribution is 7.98. The Kier molecular flexibility index (Phi) is 4.96. The molecule has 0 spiro atoms. The van der Waals surface area contributed by atoms with Crippen molar-refractivity contribution in [3.63, 3.8) is 0 Å². The second kappa shape index (κ2) is 7.39. The van der Waals surface area contributed by atoms with Crippen molar-refractivity contribution in [3.8, 4) is 0 Å². The number of anilines is 1. The Morgan fingerprint density at radius 3 is 2.93 bits per heavy atom. The zero-order valence-electron chi connectivity index (χ0n) is 14.7. The molecule has 0 amide bonds. The van der Waals surface area contributed by atoms with Crippen LogP contribution in [0.5, 0.6) is 0 Å². The molecule has 1 aliphatic heterocycles. The van der Waals surface area contributed by atoms with Crippen molar-refractivity contribution < 1.29 is 14.9 Å². The number of aromatic nitrogens is 5. The van der Waals surface area contributed by atoms with Gasteiger partial charge in [-0.25, -0.2) is 9.97 Å². The first-order chi connectivity index (χ1) is 13.0. The van der Waals surface area contributed by atoms with E-state index in [0.29, 0.717) is 28.4 Å². The van der Waals surface area contributed by atoms with Crippen LogP contribution in [0.15, 0.2) is 29.6 Å². The van der Waals surface area contributed by atoms with Crippen molar-refractivity contribution in [1.82, 2.24) is 24.5 Å². The van der Waals surface area contributed by atoms with E-state index in [-0.39, 0.29) is 12.6 Å². The van der Waals surface area contributed by atoms with Crippen molar-refractivity contribution in [3.05, 3.63) is 35.9 Å². The maximum Gasteiger partial charge on any atom is 0.223 e. The molecular formula is C17H20N6O3S. The largest absolute Gasteiger partial charge is 0.394 e. The van der Waals surface area contributed by atoms with Gasteiger partial charge >= 0.3 is 0 Å². The Balaban J connectivity index is 1.62. The number of hydrogen-bond donors (Lipinski definition) is 3. The van der Waals surface area contributed by atoms with Crippen molar-refractivity contribution in [2.75, 3.05) is 12.3 Å². The molecule has 4 heterocycles. The summed E-state index contributed by atoms with van der Waals surface area (Å²) in [5.74, 6) is 0.770. The second-order valence-corrected chi connectivity index (χ2v) is 7.35. The summed E-state index contributed by atoms with van der Waals surface area (Å²) in [7, 11) is 0. The number of nitrogens with zero attached hydrogens (tertiary/aromatic N) is 5. The smallest absolute Gasteiger partial charge is 0.223 e. The van der Waals surface area contributed by atoms with Crippen LogP contribution in [0.4, 0.5) is 5.95 Å². The fourth-order valence-electron chi connectivity index (χ4n) is 3.09. The molecule has 9 nitrogen and oxygen atoms in total. The molecule has 1 fully saturated rings. The van der Waals surface area contributed by atoms with E-state index in [1.807, 2.05) is 25.1 Å². The molecule has 3 atom stereocenters. The van der Waals surface area contributed by atoms with Crippen LogP contribution in [0.2, 0.25) is 0 Å². The van der Waals surface area contributed by atoms with Crippen molar-refractivity contribution in [2.45, 2.75) is 42.6 Å². The molecule has 0 aliphatic carbocycles. The summed E-state index contributed by atoms with van der Waals surface area (Å²) in [5, 5.41) is 19.9. The van der Waals surface area contributed by atoms with E-state index < -0.39 is 18.4 Å². The molecule has 1 saturated heterocycles. The van der Waals surface area contributed by atoms with Crippen molar-refractivity contribution >= 4 is 28.9 Å². The average molecular weight is 388 g/mol. The molecule has 0 bridgehead atoms. The normalized spacial score (nSPS) is 22.6. The van der Waals surface area contributed by atoms with Gasteiger partial charge in [0.25, 0.3) is 0 Å². The summed E-state index contributed by atoms with van der Waals surface area (Å²) in [6, 6.07) is 5.88. The van der Waals surface area contributed by atoms with Crippen molar-refractivity contribution in [1.29, 1.82) is 0 Å². The summed E-state index contributed by atoms with van der Waals surface area (Å²) in [4.78, 5) is 17.5. The summed E-state index contributed by atoms with van der Waals surface area (Å²) in [5.41, 5.74) is 8.96. The minimum Gasteiger partial charge on any atom is -0.394 e. The Labute approximate surface area is 159 Å². The van der Waals surface area contributed by atoms with Crippen LogP contribution in [0.1, 0.15) is 24.0 Å². The van der Waals surface area contributed by atoms with Crippen molar-refractivity contribution in [2.24, 2.45) is 0 Å². The molecular weight excluding hydrogens is 368 g/mol. The van der Waals surface area contributed by atoms with Crippen LogP contribution < -0.4 is 5.73 Å². The van der Waals surface area contributed by atoms with E-state index in [0.717, 1.165) is 11.4 Å². The third-order valence-corrected chi connectivity index (χ3v) is 5.40. The molecule has 27 heavy (non-hydrogen) atoms. The predicted molar refractivity (Wildman–Crippen MR) is 99.9 cm³/mol. The monoisotopic (exact) mass is 388 g/mol. The molecule has 0 aromatic carbocycles. The Bertz CT molecular complexity index is 965. The molecule has 3 aromatic rings. The van der Waals surface area contributed by atoms with Gasteiger partial charge < -0.3 is 20.7 Å². The van der Waals surface area contributed by atoms with E-state index >= 15 is 0 Å². The lowest BCUT2D eigenvalue weighted by molar-refractivity contribution is -0.0432. The van der Waals surface area contributed by atoms with Crippen LogP contribution in [0.3, 0.4) is 0 Å².